The molecule has 0 aliphatic heterocycles. The van der Waals surface area contributed by atoms with Gasteiger partial charge in [0.1, 0.15) is 0 Å². The molecular formula is C8H10N2O2. The molecule has 4 nitrogen and oxygen atoms in total. The van der Waals surface area contributed by atoms with Crippen LogP contribution in [-0.2, 0) is 6.42 Å². The standard InChI is InChI=1S/C8H10N2O2/c9-8(10)4-5-1-2-6(11)7(12)3-5/h1-3,11-12H,4H2,(H3,9,10). The number of phenolic OH excluding ortho intramolecular Hbond substituents is 2. The highest BCUT2D eigenvalue weighted by Crippen LogP contribution is 2.24. The molecule has 1 rings (SSSR count). The molecule has 0 saturated heterocycles. The zero-order valence-corrected chi connectivity index (χ0v) is 6.41. The van der Waals surface area contributed by atoms with Gasteiger partial charge in [-0.05, 0) is 17.7 Å². The van der Waals surface area contributed by atoms with Crippen molar-refractivity contribution in [2.75, 3.05) is 0 Å². The number of amidine groups is 1. The molecule has 0 aliphatic rings. The van der Waals surface area contributed by atoms with Gasteiger partial charge >= 0.3 is 0 Å². The number of aromatic hydroxyl groups is 2. The van der Waals surface area contributed by atoms with Crippen molar-refractivity contribution in [3.8, 4) is 11.5 Å². The summed E-state index contributed by atoms with van der Waals surface area (Å²) in [5.74, 6) is -0.323. The molecule has 0 unspecified atom stereocenters. The van der Waals surface area contributed by atoms with Gasteiger partial charge in [0, 0.05) is 6.42 Å². The van der Waals surface area contributed by atoms with Gasteiger partial charge in [-0.2, -0.15) is 0 Å². The van der Waals surface area contributed by atoms with Gasteiger partial charge in [0.15, 0.2) is 11.5 Å². The van der Waals surface area contributed by atoms with Gasteiger partial charge in [-0.25, -0.2) is 0 Å². The number of rotatable bonds is 2. The molecule has 0 heterocycles. The van der Waals surface area contributed by atoms with E-state index in [1.54, 1.807) is 6.07 Å². The lowest BCUT2D eigenvalue weighted by Gasteiger charge is -2.01. The lowest BCUT2D eigenvalue weighted by Crippen LogP contribution is -2.12. The molecule has 4 heteroatoms. The summed E-state index contributed by atoms with van der Waals surface area (Å²) in [6.45, 7) is 0. The first-order chi connectivity index (χ1) is 5.59. The molecule has 12 heavy (non-hydrogen) atoms. The SMILES string of the molecule is N=C(N)Cc1ccc(O)c(O)c1. The van der Waals surface area contributed by atoms with Crippen molar-refractivity contribution in [2.45, 2.75) is 6.42 Å². The third-order valence-electron chi connectivity index (χ3n) is 1.43. The molecule has 0 saturated carbocycles. The lowest BCUT2D eigenvalue weighted by molar-refractivity contribution is 0.403. The van der Waals surface area contributed by atoms with E-state index in [0.29, 0.717) is 5.56 Å². The highest BCUT2D eigenvalue weighted by Gasteiger charge is 2.00. The van der Waals surface area contributed by atoms with Crippen molar-refractivity contribution < 1.29 is 10.2 Å². The largest absolute Gasteiger partial charge is 0.504 e. The fraction of sp³-hybridized carbons (Fsp3) is 0.125. The van der Waals surface area contributed by atoms with Gasteiger partial charge in [0.2, 0.25) is 0 Å². The van der Waals surface area contributed by atoms with Crippen LogP contribution in [0.5, 0.6) is 11.5 Å². The van der Waals surface area contributed by atoms with E-state index in [9.17, 15) is 0 Å². The summed E-state index contributed by atoms with van der Waals surface area (Å²) in [7, 11) is 0. The van der Waals surface area contributed by atoms with Crippen molar-refractivity contribution in [1.82, 2.24) is 0 Å². The molecule has 1 aromatic rings. The first-order valence-electron chi connectivity index (χ1n) is 3.43. The average Bonchev–Trinajstić information content (AvgIpc) is 1.96. The maximum absolute atomic E-state index is 9.05. The Morgan fingerprint density at radius 3 is 2.50 bits per heavy atom. The topological polar surface area (TPSA) is 90.3 Å². The Labute approximate surface area is 69.8 Å². The third kappa shape index (κ3) is 1.88. The Balaban J connectivity index is 2.89. The molecule has 0 bridgehead atoms. The van der Waals surface area contributed by atoms with Crippen LogP contribution in [0.1, 0.15) is 5.56 Å². The van der Waals surface area contributed by atoms with E-state index in [4.69, 9.17) is 21.4 Å². The fourth-order valence-electron chi connectivity index (χ4n) is 0.899. The van der Waals surface area contributed by atoms with Crippen LogP contribution in [0.4, 0.5) is 0 Å². The minimum absolute atomic E-state index is 0.0279. The monoisotopic (exact) mass is 166 g/mol. The summed E-state index contributed by atoms with van der Waals surface area (Å²) in [4.78, 5) is 0. The second-order valence-corrected chi connectivity index (χ2v) is 2.53. The molecular weight excluding hydrogens is 156 g/mol. The van der Waals surface area contributed by atoms with Gasteiger partial charge in [-0.3, -0.25) is 5.41 Å². The van der Waals surface area contributed by atoms with Crippen LogP contribution in [-0.4, -0.2) is 16.0 Å². The van der Waals surface area contributed by atoms with E-state index in [1.807, 2.05) is 0 Å². The Morgan fingerprint density at radius 1 is 1.33 bits per heavy atom. The average molecular weight is 166 g/mol. The second kappa shape index (κ2) is 3.13. The van der Waals surface area contributed by atoms with E-state index in [1.165, 1.54) is 12.1 Å². The molecule has 5 N–H and O–H groups in total. The predicted molar refractivity (Wildman–Crippen MR) is 45.4 cm³/mol. The maximum Gasteiger partial charge on any atom is 0.157 e. The summed E-state index contributed by atoms with van der Waals surface area (Å²) in [6, 6.07) is 4.36. The zero-order valence-electron chi connectivity index (χ0n) is 6.41. The molecule has 0 aromatic heterocycles. The van der Waals surface area contributed by atoms with E-state index >= 15 is 0 Å². The minimum atomic E-state index is -0.186. The van der Waals surface area contributed by atoms with Crippen molar-refractivity contribution in [2.24, 2.45) is 5.73 Å². The molecule has 0 atom stereocenters. The van der Waals surface area contributed by atoms with Crippen LogP contribution >= 0.6 is 0 Å². The molecule has 1 aromatic carbocycles. The van der Waals surface area contributed by atoms with E-state index in [2.05, 4.69) is 0 Å². The maximum atomic E-state index is 9.05. The summed E-state index contributed by atoms with van der Waals surface area (Å²) < 4.78 is 0. The Bertz CT molecular complexity index is 310. The van der Waals surface area contributed by atoms with E-state index in [0.717, 1.165) is 0 Å². The summed E-state index contributed by atoms with van der Waals surface area (Å²) in [5, 5.41) is 25.0. The highest BCUT2D eigenvalue weighted by atomic mass is 16.3. The van der Waals surface area contributed by atoms with Crippen molar-refractivity contribution in [3.05, 3.63) is 23.8 Å². The first-order valence-corrected chi connectivity index (χ1v) is 3.43. The number of nitrogens with one attached hydrogen (secondary N) is 1. The van der Waals surface area contributed by atoms with Gasteiger partial charge in [-0.15, -0.1) is 0 Å². The molecule has 0 spiro atoms. The quantitative estimate of drug-likeness (QED) is 0.294. The minimum Gasteiger partial charge on any atom is -0.504 e. The molecule has 64 valence electrons. The summed E-state index contributed by atoms with van der Waals surface area (Å²) >= 11 is 0. The number of phenols is 2. The van der Waals surface area contributed by atoms with Crippen LogP contribution < -0.4 is 5.73 Å². The summed E-state index contributed by atoms with van der Waals surface area (Å²) in [5.41, 5.74) is 5.86. The van der Waals surface area contributed by atoms with Gasteiger partial charge < -0.3 is 15.9 Å². The van der Waals surface area contributed by atoms with Crippen LogP contribution in [0.25, 0.3) is 0 Å². The number of hydrogen-bond donors (Lipinski definition) is 4. The predicted octanol–water partition coefficient (Wildman–Crippen LogP) is 0.576. The summed E-state index contributed by atoms with van der Waals surface area (Å²) in [6.07, 6.45) is 0.286. The molecule has 0 aliphatic carbocycles. The smallest absolute Gasteiger partial charge is 0.157 e. The lowest BCUT2D eigenvalue weighted by atomic mass is 10.1. The highest BCUT2D eigenvalue weighted by molar-refractivity contribution is 5.79. The Morgan fingerprint density at radius 2 is 2.00 bits per heavy atom. The van der Waals surface area contributed by atoms with Crippen molar-refractivity contribution >= 4 is 5.84 Å². The Hall–Kier alpha value is -1.71. The van der Waals surface area contributed by atoms with E-state index in [-0.39, 0.29) is 23.8 Å². The van der Waals surface area contributed by atoms with Gasteiger partial charge in [0.25, 0.3) is 0 Å². The third-order valence-corrected chi connectivity index (χ3v) is 1.43. The number of benzene rings is 1. The van der Waals surface area contributed by atoms with Crippen LogP contribution in [0.3, 0.4) is 0 Å². The molecule has 0 radical (unpaired) electrons. The molecule has 0 amide bonds. The normalized spacial score (nSPS) is 9.67. The zero-order chi connectivity index (χ0) is 9.14. The van der Waals surface area contributed by atoms with Gasteiger partial charge in [-0.1, -0.05) is 6.07 Å². The van der Waals surface area contributed by atoms with Crippen LogP contribution in [0.2, 0.25) is 0 Å². The van der Waals surface area contributed by atoms with Gasteiger partial charge in [0.05, 0.1) is 5.84 Å². The van der Waals surface area contributed by atoms with Crippen molar-refractivity contribution in [1.29, 1.82) is 5.41 Å². The van der Waals surface area contributed by atoms with E-state index < -0.39 is 0 Å². The van der Waals surface area contributed by atoms with Crippen LogP contribution in [0.15, 0.2) is 18.2 Å². The number of nitrogens with two attached hydrogens (primary N) is 1. The van der Waals surface area contributed by atoms with Crippen LogP contribution in [0, 0.1) is 5.41 Å². The Kier molecular flexibility index (Phi) is 2.19. The van der Waals surface area contributed by atoms with Crippen molar-refractivity contribution in [3.63, 3.8) is 0 Å². The number of hydrogen-bond acceptors (Lipinski definition) is 3. The second-order valence-electron chi connectivity index (χ2n) is 2.53. The fourth-order valence-corrected chi connectivity index (χ4v) is 0.899. The molecule has 0 fully saturated rings. The first kappa shape index (κ1) is 8.39.